The van der Waals surface area contributed by atoms with Crippen LogP contribution < -0.4 is 0 Å². The van der Waals surface area contributed by atoms with Crippen LogP contribution in [0.1, 0.15) is 71.1 Å². The first-order valence-electron chi connectivity index (χ1n) is 11.1. The van der Waals surface area contributed by atoms with Crippen LogP contribution in [0.4, 0.5) is 0 Å². The van der Waals surface area contributed by atoms with Crippen LogP contribution >= 0.6 is 0 Å². The van der Waals surface area contributed by atoms with E-state index in [1.54, 1.807) is 28.4 Å². The van der Waals surface area contributed by atoms with Gasteiger partial charge >= 0.3 is 0 Å². The molecule has 0 radical (unpaired) electrons. The van der Waals surface area contributed by atoms with E-state index in [2.05, 4.69) is 0 Å². The van der Waals surface area contributed by atoms with Gasteiger partial charge in [0.2, 0.25) is 0 Å². The molecule has 1 saturated carbocycles. The van der Waals surface area contributed by atoms with Crippen molar-refractivity contribution in [1.82, 2.24) is 0 Å². The lowest BCUT2D eigenvalue weighted by atomic mass is 9.94. The van der Waals surface area contributed by atoms with E-state index in [1.165, 1.54) is 6.42 Å². The average molecular weight is 421 g/mol. The molecule has 0 bridgehead atoms. The quantitative estimate of drug-likeness (QED) is 0.244. The summed E-state index contributed by atoms with van der Waals surface area (Å²) in [5.74, 6) is -0.551. The molecule has 174 valence electrons. The number of methoxy groups -OCH3 is 4. The molecular weight excluding hydrogens is 376 g/mol. The molecule has 1 aliphatic carbocycles. The lowest BCUT2D eigenvalue weighted by Crippen LogP contribution is -2.41. The van der Waals surface area contributed by atoms with Crippen LogP contribution in [0.25, 0.3) is 0 Å². The topological polar surface area (TPSA) is 86.6 Å². The SMILES string of the molecule is COC(C1CC1)C(C)C(O)C(O)OCCCCCCCCCC(OC)(OC)OC. The van der Waals surface area contributed by atoms with Gasteiger partial charge in [0.25, 0.3) is 5.97 Å². The molecule has 0 aromatic carbocycles. The van der Waals surface area contributed by atoms with Gasteiger partial charge in [-0.2, -0.15) is 0 Å². The molecule has 0 spiro atoms. The van der Waals surface area contributed by atoms with Crippen LogP contribution in [-0.2, 0) is 23.7 Å². The Bertz CT molecular complexity index is 390. The number of aliphatic hydroxyl groups is 2. The van der Waals surface area contributed by atoms with E-state index in [-0.39, 0.29) is 12.0 Å². The minimum Gasteiger partial charge on any atom is -0.387 e. The highest BCUT2D eigenvalue weighted by molar-refractivity contribution is 4.88. The van der Waals surface area contributed by atoms with Gasteiger partial charge in [0.05, 0.1) is 6.10 Å². The highest BCUT2D eigenvalue weighted by atomic mass is 16.9. The van der Waals surface area contributed by atoms with Gasteiger partial charge < -0.3 is 33.9 Å². The first-order valence-corrected chi connectivity index (χ1v) is 11.1. The van der Waals surface area contributed by atoms with Gasteiger partial charge in [-0.15, -0.1) is 0 Å². The molecule has 4 atom stereocenters. The fourth-order valence-corrected chi connectivity index (χ4v) is 3.90. The summed E-state index contributed by atoms with van der Waals surface area (Å²) in [7, 11) is 6.45. The standard InChI is InChI=1S/C22H44O7/c1-17(20(25-2)18-13-14-18)19(23)21(24)29-16-12-10-8-6-7-9-11-15-22(26-3,27-4)28-5/h17-21,23-24H,6-16H2,1-5H3. The second-order valence-corrected chi connectivity index (χ2v) is 8.17. The van der Waals surface area contributed by atoms with E-state index in [9.17, 15) is 10.2 Å². The molecule has 1 rings (SSSR count). The Labute approximate surface area is 177 Å². The van der Waals surface area contributed by atoms with Gasteiger partial charge in [-0.1, -0.05) is 39.0 Å². The third-order valence-corrected chi connectivity index (χ3v) is 6.06. The van der Waals surface area contributed by atoms with Crippen molar-refractivity contribution in [2.75, 3.05) is 35.0 Å². The molecule has 29 heavy (non-hydrogen) atoms. The molecule has 0 aromatic rings. The van der Waals surface area contributed by atoms with Crippen LogP contribution in [0.15, 0.2) is 0 Å². The minimum absolute atomic E-state index is 0.00919. The average Bonchev–Trinajstić information content (AvgIpc) is 3.57. The van der Waals surface area contributed by atoms with Crippen molar-refractivity contribution in [2.24, 2.45) is 11.8 Å². The Kier molecular flexibility index (Phi) is 13.5. The van der Waals surface area contributed by atoms with Gasteiger partial charge in [0.15, 0.2) is 6.29 Å². The van der Waals surface area contributed by atoms with Gasteiger partial charge in [-0.25, -0.2) is 0 Å². The van der Waals surface area contributed by atoms with E-state index < -0.39 is 18.4 Å². The fraction of sp³-hybridized carbons (Fsp3) is 1.00. The first kappa shape index (κ1) is 26.8. The number of hydrogen-bond donors (Lipinski definition) is 2. The maximum Gasteiger partial charge on any atom is 0.282 e. The van der Waals surface area contributed by atoms with E-state index in [0.717, 1.165) is 51.4 Å². The molecule has 0 amide bonds. The summed E-state index contributed by atoms with van der Waals surface area (Å²) < 4.78 is 26.8. The molecule has 0 aromatic heterocycles. The Morgan fingerprint density at radius 2 is 1.34 bits per heavy atom. The van der Waals surface area contributed by atoms with E-state index in [0.29, 0.717) is 18.9 Å². The normalized spacial score (nSPS) is 19.1. The number of hydrogen-bond acceptors (Lipinski definition) is 7. The smallest absolute Gasteiger partial charge is 0.282 e. The molecule has 1 aliphatic rings. The molecule has 2 N–H and O–H groups in total. The highest BCUT2D eigenvalue weighted by Gasteiger charge is 2.39. The maximum absolute atomic E-state index is 10.3. The lowest BCUT2D eigenvalue weighted by Gasteiger charge is -2.29. The molecule has 7 nitrogen and oxygen atoms in total. The Hall–Kier alpha value is -0.280. The Morgan fingerprint density at radius 1 is 0.828 bits per heavy atom. The van der Waals surface area contributed by atoms with E-state index >= 15 is 0 Å². The number of aliphatic hydroxyl groups excluding tert-OH is 2. The molecule has 1 fully saturated rings. The molecule has 0 saturated heterocycles. The van der Waals surface area contributed by atoms with Gasteiger partial charge in [-0.05, 0) is 31.6 Å². The van der Waals surface area contributed by atoms with Gasteiger partial charge in [0, 0.05) is 47.4 Å². The van der Waals surface area contributed by atoms with E-state index in [4.69, 9.17) is 23.7 Å². The Morgan fingerprint density at radius 3 is 1.83 bits per heavy atom. The van der Waals surface area contributed by atoms with Crippen LogP contribution in [0.2, 0.25) is 0 Å². The van der Waals surface area contributed by atoms with Crippen molar-refractivity contribution >= 4 is 0 Å². The fourth-order valence-electron chi connectivity index (χ4n) is 3.90. The zero-order valence-electron chi connectivity index (χ0n) is 19.1. The summed E-state index contributed by atoms with van der Waals surface area (Å²) in [4.78, 5) is 0. The van der Waals surface area contributed by atoms with Crippen molar-refractivity contribution in [3.8, 4) is 0 Å². The van der Waals surface area contributed by atoms with Crippen molar-refractivity contribution in [3.05, 3.63) is 0 Å². The highest BCUT2D eigenvalue weighted by Crippen LogP contribution is 2.38. The predicted molar refractivity (Wildman–Crippen MR) is 111 cm³/mol. The van der Waals surface area contributed by atoms with Crippen LogP contribution in [-0.4, -0.2) is 69.7 Å². The molecule has 0 heterocycles. The number of rotatable bonds is 19. The zero-order chi connectivity index (χ0) is 21.7. The molecule has 7 heteroatoms. The van der Waals surface area contributed by atoms with Crippen LogP contribution in [0, 0.1) is 11.8 Å². The summed E-state index contributed by atoms with van der Waals surface area (Å²) in [6, 6.07) is 0. The van der Waals surface area contributed by atoms with Crippen LogP contribution in [0.3, 0.4) is 0 Å². The largest absolute Gasteiger partial charge is 0.387 e. The number of ether oxygens (including phenoxy) is 5. The van der Waals surface area contributed by atoms with Crippen molar-refractivity contribution in [2.45, 2.75) is 95.6 Å². The van der Waals surface area contributed by atoms with Crippen LogP contribution in [0.5, 0.6) is 0 Å². The third-order valence-electron chi connectivity index (χ3n) is 6.06. The monoisotopic (exact) mass is 420 g/mol. The number of unbranched alkanes of at least 4 members (excludes halogenated alkanes) is 6. The second-order valence-electron chi connectivity index (χ2n) is 8.17. The van der Waals surface area contributed by atoms with Gasteiger partial charge in [-0.3, -0.25) is 0 Å². The molecule has 0 aliphatic heterocycles. The third kappa shape index (κ3) is 9.59. The van der Waals surface area contributed by atoms with Crippen molar-refractivity contribution in [1.29, 1.82) is 0 Å². The molecular formula is C22H44O7. The predicted octanol–water partition coefficient (Wildman–Crippen LogP) is 3.46. The van der Waals surface area contributed by atoms with E-state index in [1.807, 2.05) is 6.92 Å². The second kappa shape index (κ2) is 14.7. The summed E-state index contributed by atoms with van der Waals surface area (Å²) in [5, 5.41) is 20.4. The zero-order valence-corrected chi connectivity index (χ0v) is 19.1. The first-order chi connectivity index (χ1) is 13.9. The molecule has 4 unspecified atom stereocenters. The summed E-state index contributed by atoms with van der Waals surface area (Å²) in [5.41, 5.74) is 0. The van der Waals surface area contributed by atoms with Crippen molar-refractivity contribution in [3.63, 3.8) is 0 Å². The lowest BCUT2D eigenvalue weighted by molar-refractivity contribution is -0.355. The summed E-state index contributed by atoms with van der Waals surface area (Å²) in [6.45, 7) is 2.38. The summed E-state index contributed by atoms with van der Waals surface area (Å²) >= 11 is 0. The summed E-state index contributed by atoms with van der Waals surface area (Å²) in [6.07, 6.45) is 8.41. The van der Waals surface area contributed by atoms with Crippen molar-refractivity contribution < 1.29 is 33.9 Å². The Balaban J connectivity index is 2.02. The van der Waals surface area contributed by atoms with Gasteiger partial charge in [0.1, 0.15) is 6.10 Å². The maximum atomic E-state index is 10.3. The minimum atomic E-state index is -1.15.